The van der Waals surface area contributed by atoms with Crippen LogP contribution in [0, 0.1) is 25.2 Å². The maximum Gasteiger partial charge on any atom is 0.266 e. The first-order valence-electron chi connectivity index (χ1n) is 7.50. The van der Waals surface area contributed by atoms with Crippen LogP contribution >= 0.6 is 0 Å². The highest BCUT2D eigenvalue weighted by atomic mass is 16.1. The molecule has 0 unspecified atom stereocenters. The molecule has 22 heavy (non-hydrogen) atoms. The van der Waals surface area contributed by atoms with Gasteiger partial charge in [-0.1, -0.05) is 18.2 Å². The summed E-state index contributed by atoms with van der Waals surface area (Å²) >= 11 is 0. The van der Waals surface area contributed by atoms with Gasteiger partial charge in [0.25, 0.3) is 5.56 Å². The van der Waals surface area contributed by atoms with Crippen molar-refractivity contribution in [3.05, 3.63) is 68.1 Å². The van der Waals surface area contributed by atoms with Crippen molar-refractivity contribution in [1.82, 2.24) is 9.88 Å². The zero-order valence-corrected chi connectivity index (χ0v) is 12.9. The molecule has 1 aromatic heterocycles. The zero-order valence-electron chi connectivity index (χ0n) is 12.9. The highest BCUT2D eigenvalue weighted by Crippen LogP contribution is 2.19. The molecule has 1 aliphatic heterocycles. The van der Waals surface area contributed by atoms with Gasteiger partial charge in [0.1, 0.15) is 11.6 Å². The van der Waals surface area contributed by atoms with Crippen molar-refractivity contribution in [2.24, 2.45) is 0 Å². The number of aryl methyl sites for hydroxylation is 2. The van der Waals surface area contributed by atoms with Gasteiger partial charge in [0.2, 0.25) is 0 Å². The minimum absolute atomic E-state index is 0.201. The van der Waals surface area contributed by atoms with Gasteiger partial charge in [0.05, 0.1) is 0 Å². The maximum absolute atomic E-state index is 11.7. The van der Waals surface area contributed by atoms with E-state index in [-0.39, 0.29) is 11.1 Å². The van der Waals surface area contributed by atoms with E-state index in [1.807, 2.05) is 6.07 Å². The van der Waals surface area contributed by atoms with Crippen LogP contribution in [0.5, 0.6) is 0 Å². The predicted molar refractivity (Wildman–Crippen MR) is 85.5 cm³/mol. The van der Waals surface area contributed by atoms with E-state index < -0.39 is 0 Å². The highest BCUT2D eigenvalue weighted by Gasteiger charge is 2.18. The summed E-state index contributed by atoms with van der Waals surface area (Å²) in [7, 11) is 0. The lowest BCUT2D eigenvalue weighted by molar-refractivity contribution is 0.243. The van der Waals surface area contributed by atoms with Crippen LogP contribution in [-0.4, -0.2) is 16.4 Å². The molecule has 4 heteroatoms. The van der Waals surface area contributed by atoms with Crippen molar-refractivity contribution in [1.29, 1.82) is 5.26 Å². The van der Waals surface area contributed by atoms with E-state index in [1.165, 1.54) is 16.7 Å². The van der Waals surface area contributed by atoms with Crippen molar-refractivity contribution >= 4 is 0 Å². The molecule has 0 amide bonds. The van der Waals surface area contributed by atoms with Crippen LogP contribution in [-0.2, 0) is 19.5 Å². The Labute approximate surface area is 130 Å². The van der Waals surface area contributed by atoms with E-state index in [0.29, 0.717) is 0 Å². The van der Waals surface area contributed by atoms with Crippen LogP contribution in [0.3, 0.4) is 0 Å². The molecule has 0 radical (unpaired) electrons. The topological polar surface area (TPSA) is 59.9 Å². The number of H-pyrrole nitrogens is 1. The molecule has 3 rings (SSSR count). The summed E-state index contributed by atoms with van der Waals surface area (Å²) in [6.07, 6.45) is 0.821. The SMILES string of the molecule is Cc1ccc(CN2CCc3[nH]c(=O)c(C#N)cc3C2)cc1C. The van der Waals surface area contributed by atoms with E-state index >= 15 is 0 Å². The fraction of sp³-hybridized carbons (Fsp3) is 0.333. The Kier molecular flexibility index (Phi) is 3.82. The summed E-state index contributed by atoms with van der Waals surface area (Å²) in [5.74, 6) is 0. The number of fused-ring (bicyclic) bond motifs is 1. The Hall–Kier alpha value is -2.38. The van der Waals surface area contributed by atoms with E-state index in [4.69, 9.17) is 5.26 Å². The number of benzene rings is 1. The predicted octanol–water partition coefficient (Wildman–Crippen LogP) is 2.42. The lowest BCUT2D eigenvalue weighted by Gasteiger charge is -2.28. The molecule has 0 fully saturated rings. The highest BCUT2D eigenvalue weighted by molar-refractivity contribution is 5.35. The summed E-state index contributed by atoms with van der Waals surface area (Å²) in [6.45, 7) is 6.83. The van der Waals surface area contributed by atoms with Gasteiger partial charge in [-0.25, -0.2) is 0 Å². The molecule has 0 atom stereocenters. The first-order valence-corrected chi connectivity index (χ1v) is 7.50. The lowest BCUT2D eigenvalue weighted by Crippen LogP contribution is -2.32. The van der Waals surface area contributed by atoms with Gasteiger partial charge < -0.3 is 4.98 Å². The summed E-state index contributed by atoms with van der Waals surface area (Å²) in [5.41, 5.74) is 5.88. The first kappa shape index (κ1) is 14.6. The summed E-state index contributed by atoms with van der Waals surface area (Å²) in [6, 6.07) is 10.3. The van der Waals surface area contributed by atoms with Gasteiger partial charge in [0.15, 0.2) is 0 Å². The molecule has 2 aromatic rings. The minimum atomic E-state index is -0.274. The molecular formula is C18H19N3O. The standard InChI is InChI=1S/C18H19N3O/c1-12-3-4-14(7-13(12)2)10-21-6-5-17-16(11-21)8-15(9-19)18(22)20-17/h3-4,7-8H,5-6,10-11H2,1-2H3,(H,20,22). The maximum atomic E-state index is 11.7. The number of nitrogens with zero attached hydrogens (tertiary/aromatic N) is 2. The molecule has 1 aromatic carbocycles. The second-order valence-electron chi connectivity index (χ2n) is 6.01. The van der Waals surface area contributed by atoms with E-state index in [0.717, 1.165) is 37.3 Å². The smallest absolute Gasteiger partial charge is 0.266 e. The van der Waals surface area contributed by atoms with Crippen LogP contribution in [0.1, 0.15) is 33.5 Å². The molecule has 0 saturated carbocycles. The Morgan fingerprint density at radius 1 is 1.27 bits per heavy atom. The van der Waals surface area contributed by atoms with E-state index in [2.05, 4.69) is 41.9 Å². The van der Waals surface area contributed by atoms with Gasteiger partial charge in [-0.15, -0.1) is 0 Å². The number of nitriles is 1. The summed E-state index contributed by atoms with van der Waals surface area (Å²) in [5, 5.41) is 8.99. The molecule has 4 nitrogen and oxygen atoms in total. The number of rotatable bonds is 2. The Morgan fingerprint density at radius 2 is 2.09 bits per heavy atom. The second kappa shape index (κ2) is 5.78. The van der Waals surface area contributed by atoms with Crippen LogP contribution in [0.25, 0.3) is 0 Å². The van der Waals surface area contributed by atoms with Crippen LogP contribution < -0.4 is 5.56 Å². The average Bonchev–Trinajstić information content (AvgIpc) is 2.50. The number of hydrogen-bond donors (Lipinski definition) is 1. The molecular weight excluding hydrogens is 274 g/mol. The Morgan fingerprint density at radius 3 is 2.82 bits per heavy atom. The summed E-state index contributed by atoms with van der Waals surface area (Å²) < 4.78 is 0. The van der Waals surface area contributed by atoms with Gasteiger partial charge in [-0.05, 0) is 42.2 Å². The molecule has 0 bridgehead atoms. The fourth-order valence-corrected chi connectivity index (χ4v) is 2.94. The lowest BCUT2D eigenvalue weighted by atomic mass is 10.0. The minimum Gasteiger partial charge on any atom is -0.325 e. The zero-order chi connectivity index (χ0) is 15.7. The van der Waals surface area contributed by atoms with Crippen molar-refractivity contribution in [3.8, 4) is 6.07 Å². The molecule has 1 N–H and O–H groups in total. The van der Waals surface area contributed by atoms with E-state index in [9.17, 15) is 4.79 Å². The largest absolute Gasteiger partial charge is 0.325 e. The van der Waals surface area contributed by atoms with Crippen molar-refractivity contribution < 1.29 is 0 Å². The van der Waals surface area contributed by atoms with Crippen molar-refractivity contribution in [2.45, 2.75) is 33.4 Å². The van der Waals surface area contributed by atoms with Gasteiger partial charge in [-0.3, -0.25) is 9.69 Å². The summed E-state index contributed by atoms with van der Waals surface area (Å²) in [4.78, 5) is 16.9. The second-order valence-corrected chi connectivity index (χ2v) is 6.01. The van der Waals surface area contributed by atoms with Crippen molar-refractivity contribution in [2.75, 3.05) is 6.54 Å². The van der Waals surface area contributed by atoms with Gasteiger partial charge >= 0.3 is 0 Å². The van der Waals surface area contributed by atoms with Gasteiger partial charge in [0, 0.05) is 31.7 Å². The normalized spacial score (nSPS) is 14.4. The van der Waals surface area contributed by atoms with Gasteiger partial charge in [-0.2, -0.15) is 5.26 Å². The molecule has 0 aliphatic carbocycles. The number of hydrogen-bond acceptors (Lipinski definition) is 3. The van der Waals surface area contributed by atoms with E-state index in [1.54, 1.807) is 6.07 Å². The third-order valence-electron chi connectivity index (χ3n) is 4.39. The third-order valence-corrected chi connectivity index (χ3v) is 4.39. The number of aromatic nitrogens is 1. The Balaban J connectivity index is 1.80. The number of pyridine rings is 1. The van der Waals surface area contributed by atoms with Crippen LogP contribution in [0.2, 0.25) is 0 Å². The van der Waals surface area contributed by atoms with Crippen LogP contribution in [0.4, 0.5) is 0 Å². The molecule has 0 saturated heterocycles. The fourth-order valence-electron chi connectivity index (χ4n) is 2.94. The molecule has 0 spiro atoms. The molecule has 112 valence electrons. The quantitative estimate of drug-likeness (QED) is 0.925. The molecule has 2 heterocycles. The van der Waals surface area contributed by atoms with Crippen molar-refractivity contribution in [3.63, 3.8) is 0 Å². The number of nitrogens with one attached hydrogen (secondary N) is 1. The monoisotopic (exact) mass is 293 g/mol. The number of aromatic amines is 1. The first-order chi connectivity index (χ1) is 10.6. The van der Waals surface area contributed by atoms with Crippen LogP contribution in [0.15, 0.2) is 29.1 Å². The molecule has 1 aliphatic rings. The Bertz CT molecular complexity index is 814. The third kappa shape index (κ3) is 2.81. The average molecular weight is 293 g/mol.